The van der Waals surface area contributed by atoms with Gasteiger partial charge in [-0.25, -0.2) is 10.2 Å². The molecule has 0 bridgehead atoms. The van der Waals surface area contributed by atoms with Crippen LogP contribution >= 0.6 is 0 Å². The summed E-state index contributed by atoms with van der Waals surface area (Å²) in [7, 11) is 1.35. The Morgan fingerprint density at radius 2 is 1.88 bits per heavy atom. The Kier molecular flexibility index (Phi) is 11.6. The SMILES string of the molecule is COC(C)=O.N=C=O. The quantitative estimate of drug-likeness (QED) is 0.277. The first-order valence-electron chi connectivity index (χ1n) is 1.77. The summed E-state index contributed by atoms with van der Waals surface area (Å²) in [6.07, 6.45) is 0.750. The second-order valence-corrected chi connectivity index (χ2v) is 0.798. The third-order valence-corrected chi connectivity index (χ3v) is 0.287. The number of methoxy groups -OCH3 is 1. The number of carbonyl (C=O) groups excluding carboxylic acids is 2. The Bertz CT molecular complexity index is 93.5. The van der Waals surface area contributed by atoms with Gasteiger partial charge in [0.15, 0.2) is 0 Å². The zero-order valence-corrected chi connectivity index (χ0v) is 4.72. The molecule has 0 spiro atoms. The van der Waals surface area contributed by atoms with E-state index in [9.17, 15) is 4.79 Å². The smallest absolute Gasteiger partial charge is 0.302 e. The van der Waals surface area contributed by atoms with Gasteiger partial charge in [-0.15, -0.1) is 0 Å². The third-order valence-electron chi connectivity index (χ3n) is 0.287. The second-order valence-electron chi connectivity index (χ2n) is 0.798. The lowest BCUT2D eigenvalue weighted by atomic mass is 10.8. The molecular weight excluding hydrogens is 110 g/mol. The van der Waals surface area contributed by atoms with Gasteiger partial charge in [0.1, 0.15) is 0 Å². The zero-order chi connectivity index (χ0) is 6.99. The molecule has 8 heavy (non-hydrogen) atoms. The number of isocyanates is 1. The van der Waals surface area contributed by atoms with Crippen molar-refractivity contribution in [3.8, 4) is 0 Å². The molecule has 4 nitrogen and oxygen atoms in total. The van der Waals surface area contributed by atoms with Gasteiger partial charge in [-0.2, -0.15) is 0 Å². The molecule has 0 amide bonds. The van der Waals surface area contributed by atoms with Crippen molar-refractivity contribution in [2.75, 3.05) is 7.11 Å². The molecule has 4 heteroatoms. The second kappa shape index (κ2) is 9.28. The van der Waals surface area contributed by atoms with E-state index < -0.39 is 0 Å². The van der Waals surface area contributed by atoms with E-state index in [1.807, 2.05) is 0 Å². The summed E-state index contributed by atoms with van der Waals surface area (Å²) in [5.74, 6) is -0.245. The van der Waals surface area contributed by atoms with Crippen LogP contribution in [0.2, 0.25) is 0 Å². The van der Waals surface area contributed by atoms with Gasteiger partial charge >= 0.3 is 5.97 Å². The predicted octanol–water partition coefficient (Wildman–Crippen LogP) is 0.0803. The Hall–Kier alpha value is -1.15. The third kappa shape index (κ3) is 99.5. The van der Waals surface area contributed by atoms with Gasteiger partial charge in [-0.1, -0.05) is 0 Å². The van der Waals surface area contributed by atoms with Crippen LogP contribution in [0.25, 0.3) is 0 Å². The lowest BCUT2D eigenvalue weighted by Gasteiger charge is -1.80. The molecule has 1 N–H and O–H groups in total. The molecule has 0 aliphatic heterocycles. The predicted molar refractivity (Wildman–Crippen MR) is 26.1 cm³/mol. The maximum absolute atomic E-state index is 9.59. The van der Waals surface area contributed by atoms with Gasteiger partial charge < -0.3 is 4.74 Å². The van der Waals surface area contributed by atoms with Crippen LogP contribution in [0, 0.1) is 5.41 Å². The van der Waals surface area contributed by atoms with Gasteiger partial charge in [0.2, 0.25) is 6.08 Å². The molecule has 0 unspecified atom stereocenters. The van der Waals surface area contributed by atoms with Crippen LogP contribution in [0.5, 0.6) is 0 Å². The van der Waals surface area contributed by atoms with Crippen molar-refractivity contribution in [1.29, 1.82) is 5.41 Å². The Morgan fingerprint density at radius 1 is 1.75 bits per heavy atom. The summed E-state index contributed by atoms with van der Waals surface area (Å²) in [6, 6.07) is 0. The largest absolute Gasteiger partial charge is 0.469 e. The summed E-state index contributed by atoms with van der Waals surface area (Å²) in [4.78, 5) is 17.9. The van der Waals surface area contributed by atoms with Gasteiger partial charge in [0, 0.05) is 6.92 Å². The minimum atomic E-state index is -0.245. The first kappa shape index (κ1) is 9.97. The fourth-order valence-electron chi connectivity index (χ4n) is 0. The number of hydrogen-bond donors (Lipinski definition) is 1. The highest BCUT2D eigenvalue weighted by Gasteiger charge is 1.75. The van der Waals surface area contributed by atoms with Crippen LogP contribution < -0.4 is 0 Å². The van der Waals surface area contributed by atoms with Crippen LogP contribution in [-0.2, 0) is 14.3 Å². The molecule has 0 heterocycles. The van der Waals surface area contributed by atoms with Crippen molar-refractivity contribution in [2.45, 2.75) is 6.92 Å². The Labute approximate surface area is 47.0 Å². The minimum Gasteiger partial charge on any atom is -0.469 e. The number of nitrogens with one attached hydrogen (secondary N) is 1. The Balaban J connectivity index is 0. The van der Waals surface area contributed by atoms with Crippen molar-refractivity contribution >= 4 is 12.0 Å². The van der Waals surface area contributed by atoms with E-state index in [-0.39, 0.29) is 5.97 Å². The van der Waals surface area contributed by atoms with Crippen LogP contribution in [0.4, 0.5) is 0 Å². The van der Waals surface area contributed by atoms with E-state index in [0.29, 0.717) is 0 Å². The molecule has 0 aromatic carbocycles. The molecule has 46 valence electrons. The lowest BCUT2D eigenvalue weighted by molar-refractivity contribution is -0.137. The Morgan fingerprint density at radius 3 is 1.88 bits per heavy atom. The molecular formula is C4H7NO3. The van der Waals surface area contributed by atoms with Crippen molar-refractivity contribution < 1.29 is 14.3 Å². The van der Waals surface area contributed by atoms with Crippen LogP contribution in [-0.4, -0.2) is 19.2 Å². The molecule has 0 saturated heterocycles. The molecule has 0 aliphatic rings. The molecule has 0 atom stereocenters. The maximum Gasteiger partial charge on any atom is 0.302 e. The van der Waals surface area contributed by atoms with E-state index in [0.717, 1.165) is 6.08 Å². The fraction of sp³-hybridized carbons (Fsp3) is 0.500. The molecule has 0 aromatic rings. The molecule has 0 radical (unpaired) electrons. The standard InChI is InChI=1S/C3H6O2.CHNO/c1-3(4)5-2;2-1-3/h1-2H3;2H. The fourth-order valence-corrected chi connectivity index (χ4v) is 0. The van der Waals surface area contributed by atoms with Crippen LogP contribution in [0.15, 0.2) is 0 Å². The van der Waals surface area contributed by atoms with Crippen molar-refractivity contribution in [3.05, 3.63) is 0 Å². The van der Waals surface area contributed by atoms with Gasteiger partial charge in [0.25, 0.3) is 0 Å². The summed E-state index contributed by atoms with van der Waals surface area (Å²) in [6.45, 7) is 1.36. The summed E-state index contributed by atoms with van der Waals surface area (Å²) >= 11 is 0. The first-order chi connectivity index (χ1) is 3.68. The van der Waals surface area contributed by atoms with Crippen LogP contribution in [0.3, 0.4) is 0 Å². The number of rotatable bonds is 0. The number of hydrogen-bond acceptors (Lipinski definition) is 4. The molecule has 0 aliphatic carbocycles. The number of carbonyl (C=O) groups is 1. The highest BCUT2D eigenvalue weighted by molar-refractivity contribution is 5.65. The average Bonchev–Trinajstić information content (AvgIpc) is 1.69. The minimum absolute atomic E-state index is 0.245. The van der Waals surface area contributed by atoms with E-state index in [1.54, 1.807) is 0 Å². The van der Waals surface area contributed by atoms with E-state index in [4.69, 9.17) is 10.2 Å². The lowest BCUT2D eigenvalue weighted by Crippen LogP contribution is -1.88. The molecule has 0 fully saturated rings. The topological polar surface area (TPSA) is 67.2 Å². The van der Waals surface area contributed by atoms with Gasteiger partial charge in [-0.05, 0) is 0 Å². The van der Waals surface area contributed by atoms with Gasteiger partial charge in [0.05, 0.1) is 7.11 Å². The van der Waals surface area contributed by atoms with Crippen molar-refractivity contribution in [2.24, 2.45) is 0 Å². The summed E-state index contributed by atoms with van der Waals surface area (Å²) in [5.41, 5.74) is 0. The maximum atomic E-state index is 9.59. The highest BCUT2D eigenvalue weighted by Crippen LogP contribution is 1.60. The molecule has 0 aromatic heterocycles. The number of ether oxygens (including phenoxy) is 1. The normalized spacial score (nSPS) is 5.25. The molecule has 0 saturated carbocycles. The van der Waals surface area contributed by atoms with E-state index in [1.165, 1.54) is 14.0 Å². The van der Waals surface area contributed by atoms with Crippen molar-refractivity contribution in [1.82, 2.24) is 0 Å². The van der Waals surface area contributed by atoms with Gasteiger partial charge in [-0.3, -0.25) is 4.79 Å². The van der Waals surface area contributed by atoms with E-state index in [2.05, 4.69) is 4.74 Å². The monoisotopic (exact) mass is 117 g/mol. The zero-order valence-electron chi connectivity index (χ0n) is 4.72. The van der Waals surface area contributed by atoms with Crippen LogP contribution in [0.1, 0.15) is 6.92 Å². The highest BCUT2D eigenvalue weighted by atomic mass is 16.5. The van der Waals surface area contributed by atoms with E-state index >= 15 is 0 Å². The van der Waals surface area contributed by atoms with Crippen molar-refractivity contribution in [3.63, 3.8) is 0 Å². The summed E-state index contributed by atoms with van der Waals surface area (Å²) < 4.78 is 4.11. The first-order valence-corrected chi connectivity index (χ1v) is 1.77. The average molecular weight is 117 g/mol. The summed E-state index contributed by atoms with van der Waals surface area (Å²) in [5, 5.41) is 5.40. The number of esters is 1. The molecule has 0 rings (SSSR count).